The Balaban J connectivity index is 1.63. The first kappa shape index (κ1) is 21.7. The molecule has 0 aliphatic carbocycles. The van der Waals surface area contributed by atoms with Gasteiger partial charge in [-0.15, -0.1) is 5.10 Å². The molecule has 154 valence electrons. The van der Waals surface area contributed by atoms with Gasteiger partial charge in [0.25, 0.3) is 0 Å². The normalized spacial score (nSPS) is 11.6. The summed E-state index contributed by atoms with van der Waals surface area (Å²) in [4.78, 5) is 0. The maximum Gasteiger partial charge on any atom is 0.180 e. The van der Waals surface area contributed by atoms with Gasteiger partial charge in [0.15, 0.2) is 16.7 Å². The van der Waals surface area contributed by atoms with Crippen molar-refractivity contribution < 1.29 is 9.47 Å². The van der Waals surface area contributed by atoms with E-state index in [0.717, 1.165) is 16.9 Å². The predicted molar refractivity (Wildman–Crippen MR) is 126 cm³/mol. The topological polar surface area (TPSA) is 69.2 Å². The van der Waals surface area contributed by atoms with E-state index in [-0.39, 0.29) is 0 Å². The molecule has 0 aliphatic rings. The van der Waals surface area contributed by atoms with Crippen LogP contribution in [0.3, 0.4) is 0 Å². The van der Waals surface area contributed by atoms with Gasteiger partial charge >= 0.3 is 0 Å². The number of rotatable bonds is 8. The van der Waals surface area contributed by atoms with Crippen LogP contribution in [0.4, 0.5) is 0 Å². The second-order valence-corrected chi connectivity index (χ2v) is 7.67. The molecule has 0 radical (unpaired) electrons. The van der Waals surface area contributed by atoms with Gasteiger partial charge in [-0.3, -0.25) is 0 Å². The van der Waals surface area contributed by atoms with Crippen LogP contribution in [-0.2, 0) is 12.4 Å². The fourth-order valence-electron chi connectivity index (χ4n) is 2.60. The Hall–Kier alpha value is -2.96. The van der Waals surface area contributed by atoms with Gasteiger partial charge in [0.05, 0.1) is 18.3 Å². The number of hydrogen-bond acceptors (Lipinski definition) is 5. The van der Waals surface area contributed by atoms with E-state index in [9.17, 15) is 0 Å². The fourth-order valence-corrected chi connectivity index (χ4v) is 3.48. The third-order valence-corrected chi connectivity index (χ3v) is 5.21. The van der Waals surface area contributed by atoms with Crippen molar-refractivity contribution in [1.29, 1.82) is 0 Å². The molecular formula is C23H22ClN3O2S. The molecule has 0 aliphatic heterocycles. The lowest BCUT2D eigenvalue weighted by Crippen LogP contribution is -2.06. The number of methoxy groups -OCH3 is 1. The smallest absolute Gasteiger partial charge is 0.180 e. The minimum Gasteiger partial charge on any atom is -0.493 e. The largest absolute Gasteiger partial charge is 0.493 e. The van der Waals surface area contributed by atoms with Crippen LogP contribution >= 0.6 is 23.4 Å². The molecule has 0 atom stereocenters. The highest BCUT2D eigenvalue weighted by atomic mass is 35.5. The Morgan fingerprint density at radius 1 is 1.03 bits per heavy atom. The molecule has 0 aromatic heterocycles. The average Bonchev–Trinajstić information content (AvgIpc) is 2.78. The summed E-state index contributed by atoms with van der Waals surface area (Å²) in [6, 6.07) is 23.4. The molecule has 7 heteroatoms. The second-order valence-electron chi connectivity index (χ2n) is 6.27. The number of ether oxygens (including phenoxy) is 2. The van der Waals surface area contributed by atoms with Crippen molar-refractivity contribution in [3.05, 3.63) is 94.5 Å². The van der Waals surface area contributed by atoms with E-state index < -0.39 is 0 Å². The lowest BCUT2D eigenvalue weighted by molar-refractivity contribution is 0.284. The van der Waals surface area contributed by atoms with Crippen LogP contribution in [0, 0.1) is 0 Å². The lowest BCUT2D eigenvalue weighted by Gasteiger charge is -2.13. The molecule has 3 aromatic carbocycles. The predicted octanol–water partition coefficient (Wildman–Crippen LogP) is 5.51. The Bertz CT molecular complexity index is 1010. The highest BCUT2D eigenvalue weighted by Crippen LogP contribution is 2.36. The summed E-state index contributed by atoms with van der Waals surface area (Å²) in [5.41, 5.74) is 8.86. The first-order chi connectivity index (χ1) is 14.7. The molecule has 0 amide bonds. The van der Waals surface area contributed by atoms with Gasteiger partial charge in [-0.2, -0.15) is 5.10 Å². The number of benzene rings is 3. The SMILES string of the molecule is COc1cc(C=NN=C(N)SCc2ccccc2)cc(Cl)c1OCc1ccccc1. The molecule has 2 N–H and O–H groups in total. The van der Waals surface area contributed by atoms with Crippen LogP contribution in [0.2, 0.25) is 5.02 Å². The van der Waals surface area contributed by atoms with Crippen LogP contribution in [0.15, 0.2) is 83.0 Å². The number of nitrogens with two attached hydrogens (primary N) is 1. The van der Waals surface area contributed by atoms with Crippen molar-refractivity contribution in [1.82, 2.24) is 0 Å². The first-order valence-electron chi connectivity index (χ1n) is 9.23. The zero-order valence-corrected chi connectivity index (χ0v) is 18.1. The minimum absolute atomic E-state index is 0.385. The Morgan fingerprint density at radius 3 is 2.37 bits per heavy atom. The highest BCUT2D eigenvalue weighted by molar-refractivity contribution is 8.13. The highest BCUT2D eigenvalue weighted by Gasteiger charge is 2.12. The quantitative estimate of drug-likeness (QED) is 0.285. The van der Waals surface area contributed by atoms with E-state index >= 15 is 0 Å². The molecule has 0 saturated heterocycles. The molecule has 0 unspecified atom stereocenters. The van der Waals surface area contributed by atoms with E-state index in [4.69, 9.17) is 26.8 Å². The van der Waals surface area contributed by atoms with Crippen molar-refractivity contribution in [2.75, 3.05) is 7.11 Å². The zero-order chi connectivity index (χ0) is 21.2. The molecule has 5 nitrogen and oxygen atoms in total. The number of halogens is 1. The summed E-state index contributed by atoms with van der Waals surface area (Å²) in [7, 11) is 1.57. The maximum absolute atomic E-state index is 6.41. The van der Waals surface area contributed by atoms with E-state index in [1.807, 2.05) is 60.7 Å². The molecule has 30 heavy (non-hydrogen) atoms. The van der Waals surface area contributed by atoms with Gasteiger partial charge in [0.1, 0.15) is 6.61 Å². The van der Waals surface area contributed by atoms with Crippen LogP contribution in [-0.4, -0.2) is 18.5 Å². The van der Waals surface area contributed by atoms with E-state index in [1.165, 1.54) is 17.3 Å². The summed E-state index contributed by atoms with van der Waals surface area (Å²) in [5, 5.41) is 8.90. The molecule has 3 aromatic rings. The molecule has 0 saturated carbocycles. The summed E-state index contributed by atoms with van der Waals surface area (Å²) in [5.74, 6) is 1.75. The maximum atomic E-state index is 6.41. The summed E-state index contributed by atoms with van der Waals surface area (Å²) < 4.78 is 11.3. The van der Waals surface area contributed by atoms with Crippen LogP contribution in [0.1, 0.15) is 16.7 Å². The Morgan fingerprint density at radius 2 is 1.70 bits per heavy atom. The third-order valence-electron chi connectivity index (χ3n) is 4.07. The van der Waals surface area contributed by atoms with Gasteiger partial charge < -0.3 is 15.2 Å². The summed E-state index contributed by atoms with van der Waals surface area (Å²) in [6.07, 6.45) is 1.57. The van der Waals surface area contributed by atoms with E-state index in [0.29, 0.717) is 28.3 Å². The Kier molecular flexibility index (Phi) is 8.18. The standard InChI is InChI=1S/C23H22ClN3O2S/c1-28-21-13-19(12-20(24)22(21)29-15-17-8-4-2-5-9-17)14-26-27-23(25)30-16-18-10-6-3-7-11-18/h2-14H,15-16H2,1H3,(H2,25,27). The van der Waals surface area contributed by atoms with Crippen molar-refractivity contribution in [3.63, 3.8) is 0 Å². The average molecular weight is 440 g/mol. The van der Waals surface area contributed by atoms with E-state index in [1.54, 1.807) is 25.5 Å². The van der Waals surface area contributed by atoms with Crippen LogP contribution in [0.5, 0.6) is 11.5 Å². The zero-order valence-electron chi connectivity index (χ0n) is 16.5. The lowest BCUT2D eigenvalue weighted by atomic mass is 10.2. The van der Waals surface area contributed by atoms with E-state index in [2.05, 4.69) is 10.2 Å². The summed E-state index contributed by atoms with van der Waals surface area (Å²) in [6.45, 7) is 0.393. The summed E-state index contributed by atoms with van der Waals surface area (Å²) >= 11 is 7.83. The molecule has 0 spiro atoms. The van der Waals surface area contributed by atoms with Crippen molar-refractivity contribution >= 4 is 34.7 Å². The van der Waals surface area contributed by atoms with Crippen LogP contribution in [0.25, 0.3) is 0 Å². The second kappa shape index (κ2) is 11.3. The molecular weight excluding hydrogens is 418 g/mol. The van der Waals surface area contributed by atoms with Gasteiger partial charge in [-0.1, -0.05) is 84.0 Å². The molecule has 0 heterocycles. The van der Waals surface area contributed by atoms with Crippen molar-refractivity contribution in [2.45, 2.75) is 12.4 Å². The first-order valence-corrected chi connectivity index (χ1v) is 10.6. The third kappa shape index (κ3) is 6.54. The van der Waals surface area contributed by atoms with Gasteiger partial charge in [-0.05, 0) is 23.3 Å². The fraction of sp³-hybridized carbons (Fsp3) is 0.130. The molecule has 3 rings (SSSR count). The molecule has 0 bridgehead atoms. The number of amidine groups is 1. The number of thioether (sulfide) groups is 1. The van der Waals surface area contributed by atoms with Gasteiger partial charge in [0.2, 0.25) is 0 Å². The van der Waals surface area contributed by atoms with Gasteiger partial charge in [0, 0.05) is 11.3 Å². The van der Waals surface area contributed by atoms with Crippen molar-refractivity contribution in [2.24, 2.45) is 15.9 Å². The van der Waals surface area contributed by atoms with Crippen LogP contribution < -0.4 is 15.2 Å². The monoisotopic (exact) mass is 439 g/mol. The minimum atomic E-state index is 0.385. The van der Waals surface area contributed by atoms with Crippen molar-refractivity contribution in [3.8, 4) is 11.5 Å². The molecule has 0 fully saturated rings. The van der Waals surface area contributed by atoms with Gasteiger partial charge in [-0.25, -0.2) is 0 Å². The number of hydrogen-bond donors (Lipinski definition) is 1. The Labute approximate surface area is 185 Å². The number of nitrogens with zero attached hydrogens (tertiary/aromatic N) is 2.